The molecule has 0 saturated carbocycles. The monoisotopic (exact) mass is 366 g/mol. The molecule has 0 spiro atoms. The van der Waals surface area contributed by atoms with E-state index in [2.05, 4.69) is 15.7 Å². The molecule has 1 aromatic heterocycles. The number of rotatable bonds is 5. The van der Waals surface area contributed by atoms with Gasteiger partial charge in [-0.2, -0.15) is 18.3 Å². The average Bonchev–Trinajstić information content (AvgIpc) is 3.22. The van der Waals surface area contributed by atoms with Gasteiger partial charge < -0.3 is 10.6 Å². The van der Waals surface area contributed by atoms with Crippen molar-refractivity contribution in [3.05, 3.63) is 41.6 Å². The van der Waals surface area contributed by atoms with Crippen molar-refractivity contribution in [2.24, 2.45) is 5.92 Å². The number of nitrogens with one attached hydrogen (secondary N) is 2. The molecule has 26 heavy (non-hydrogen) atoms. The van der Waals surface area contributed by atoms with E-state index in [1.165, 1.54) is 16.8 Å². The van der Waals surface area contributed by atoms with Crippen LogP contribution in [0, 0.1) is 12.8 Å². The van der Waals surface area contributed by atoms with Crippen molar-refractivity contribution in [2.75, 3.05) is 18.4 Å². The smallest absolute Gasteiger partial charge is 0.316 e. The Morgan fingerprint density at radius 1 is 1.38 bits per heavy atom. The minimum absolute atomic E-state index is 0.162. The maximum Gasteiger partial charge on any atom is 0.416 e. The zero-order valence-corrected chi connectivity index (χ0v) is 14.4. The lowest BCUT2D eigenvalue weighted by molar-refractivity contribution is -0.137. The van der Waals surface area contributed by atoms with Gasteiger partial charge in [0.15, 0.2) is 0 Å². The van der Waals surface area contributed by atoms with Gasteiger partial charge in [0.05, 0.1) is 16.9 Å². The van der Waals surface area contributed by atoms with E-state index in [1.807, 2.05) is 0 Å². The summed E-state index contributed by atoms with van der Waals surface area (Å²) in [4.78, 5) is 12.2. The van der Waals surface area contributed by atoms with Crippen LogP contribution in [0.15, 0.2) is 30.3 Å². The maximum absolute atomic E-state index is 12.9. The molecule has 0 radical (unpaired) electrons. The van der Waals surface area contributed by atoms with Crippen molar-refractivity contribution in [1.29, 1.82) is 0 Å². The highest BCUT2D eigenvalue weighted by atomic mass is 19.4. The highest BCUT2D eigenvalue weighted by molar-refractivity contribution is 5.90. The summed E-state index contributed by atoms with van der Waals surface area (Å²) in [5.74, 6) is 0.706. The van der Waals surface area contributed by atoms with Crippen LogP contribution in [0.2, 0.25) is 0 Å². The van der Waals surface area contributed by atoms with Gasteiger partial charge >= 0.3 is 6.18 Å². The van der Waals surface area contributed by atoms with Crippen LogP contribution in [-0.2, 0) is 11.0 Å². The molecule has 1 amide bonds. The highest BCUT2D eigenvalue weighted by Gasteiger charge is 2.30. The summed E-state index contributed by atoms with van der Waals surface area (Å²) in [6.45, 7) is 3.63. The van der Waals surface area contributed by atoms with E-state index in [0.717, 1.165) is 38.1 Å². The Morgan fingerprint density at radius 3 is 2.88 bits per heavy atom. The van der Waals surface area contributed by atoms with E-state index in [0.29, 0.717) is 23.9 Å². The van der Waals surface area contributed by atoms with E-state index in [4.69, 9.17) is 0 Å². The molecule has 2 N–H and O–H groups in total. The number of anilines is 1. The second-order valence-electron chi connectivity index (χ2n) is 6.58. The fourth-order valence-corrected chi connectivity index (χ4v) is 3.10. The lowest BCUT2D eigenvalue weighted by atomic mass is 10.0. The van der Waals surface area contributed by atoms with Gasteiger partial charge in [-0.3, -0.25) is 4.79 Å². The number of nitrogens with zero attached hydrogens (tertiary/aromatic N) is 2. The Morgan fingerprint density at radius 2 is 2.19 bits per heavy atom. The summed E-state index contributed by atoms with van der Waals surface area (Å²) < 4.78 is 40.2. The Bertz CT molecular complexity index is 779. The molecule has 2 aromatic rings. The second kappa shape index (κ2) is 7.49. The molecule has 1 fully saturated rings. The molecular weight excluding hydrogens is 345 g/mol. The van der Waals surface area contributed by atoms with E-state index in [1.54, 1.807) is 13.0 Å². The predicted molar refractivity (Wildman–Crippen MR) is 92.1 cm³/mol. The van der Waals surface area contributed by atoms with E-state index >= 15 is 0 Å². The summed E-state index contributed by atoms with van der Waals surface area (Å²) in [6, 6.07) is 6.53. The molecule has 5 nitrogen and oxygen atoms in total. The molecule has 3 rings (SSSR count). The lowest BCUT2D eigenvalue weighted by Crippen LogP contribution is -2.17. The minimum atomic E-state index is -4.43. The summed E-state index contributed by atoms with van der Waals surface area (Å²) >= 11 is 0. The Labute approximate surface area is 149 Å². The fraction of sp³-hybridized carbons (Fsp3) is 0.444. The summed E-state index contributed by atoms with van der Waals surface area (Å²) in [6.07, 6.45) is -2.21. The Hall–Kier alpha value is -2.35. The molecule has 8 heteroatoms. The van der Waals surface area contributed by atoms with Crippen molar-refractivity contribution in [3.63, 3.8) is 0 Å². The largest absolute Gasteiger partial charge is 0.416 e. The van der Waals surface area contributed by atoms with Crippen LogP contribution in [0.1, 0.15) is 30.5 Å². The van der Waals surface area contributed by atoms with Crippen LogP contribution in [0.25, 0.3) is 5.69 Å². The second-order valence-corrected chi connectivity index (χ2v) is 6.58. The number of hydrogen-bond acceptors (Lipinski definition) is 3. The molecule has 2 heterocycles. The molecule has 140 valence electrons. The number of amides is 1. The zero-order chi connectivity index (χ0) is 18.7. The van der Waals surface area contributed by atoms with Gasteiger partial charge in [0.2, 0.25) is 5.91 Å². The van der Waals surface area contributed by atoms with Crippen molar-refractivity contribution in [2.45, 2.75) is 32.4 Å². The van der Waals surface area contributed by atoms with Crippen LogP contribution >= 0.6 is 0 Å². The van der Waals surface area contributed by atoms with Gasteiger partial charge in [0, 0.05) is 12.5 Å². The number of carbonyl (C=O) groups is 1. The van der Waals surface area contributed by atoms with Crippen molar-refractivity contribution < 1.29 is 18.0 Å². The number of carbonyl (C=O) groups excluding carboxylic acids is 1. The summed E-state index contributed by atoms with van der Waals surface area (Å²) in [7, 11) is 0. The number of aryl methyl sites for hydroxylation is 1. The van der Waals surface area contributed by atoms with Gasteiger partial charge in [-0.15, -0.1) is 0 Å². The van der Waals surface area contributed by atoms with Gasteiger partial charge in [0.1, 0.15) is 5.82 Å². The first-order valence-electron chi connectivity index (χ1n) is 8.58. The third-order valence-corrected chi connectivity index (χ3v) is 4.46. The predicted octanol–water partition coefficient (Wildman–Crippen LogP) is 3.53. The number of hydrogen-bond donors (Lipinski definition) is 2. The third kappa shape index (κ3) is 4.43. The highest BCUT2D eigenvalue weighted by Crippen LogP contribution is 2.31. The molecule has 1 unspecified atom stereocenters. The van der Waals surface area contributed by atoms with E-state index < -0.39 is 11.7 Å². The fourth-order valence-electron chi connectivity index (χ4n) is 3.10. The molecule has 1 aromatic carbocycles. The Balaban J connectivity index is 1.74. The number of aromatic nitrogens is 2. The van der Waals surface area contributed by atoms with Crippen molar-refractivity contribution in [1.82, 2.24) is 15.1 Å². The van der Waals surface area contributed by atoms with E-state index in [-0.39, 0.29) is 11.6 Å². The van der Waals surface area contributed by atoms with Crippen LogP contribution in [0.3, 0.4) is 0 Å². The quantitative estimate of drug-likeness (QED) is 0.851. The van der Waals surface area contributed by atoms with Crippen LogP contribution in [0.5, 0.6) is 0 Å². The van der Waals surface area contributed by atoms with Crippen LogP contribution < -0.4 is 10.6 Å². The third-order valence-electron chi connectivity index (χ3n) is 4.46. The molecule has 1 aliphatic heterocycles. The zero-order valence-electron chi connectivity index (χ0n) is 14.4. The number of halogens is 3. The van der Waals surface area contributed by atoms with Crippen LogP contribution in [0.4, 0.5) is 19.0 Å². The van der Waals surface area contributed by atoms with Gasteiger partial charge in [0.25, 0.3) is 0 Å². The SMILES string of the molecule is Cc1cc(NC(=O)CCC2CCNC2)n(-c2cccc(C(F)(F)F)c2)n1. The summed E-state index contributed by atoms with van der Waals surface area (Å²) in [5, 5.41) is 10.3. The molecule has 0 aliphatic carbocycles. The first-order valence-corrected chi connectivity index (χ1v) is 8.58. The minimum Gasteiger partial charge on any atom is -0.316 e. The number of benzene rings is 1. The average molecular weight is 366 g/mol. The number of alkyl halides is 3. The van der Waals surface area contributed by atoms with Crippen molar-refractivity contribution >= 4 is 11.7 Å². The molecule has 1 atom stereocenters. The van der Waals surface area contributed by atoms with Gasteiger partial charge in [-0.25, -0.2) is 4.68 Å². The molecule has 1 aliphatic rings. The molecule has 1 saturated heterocycles. The summed E-state index contributed by atoms with van der Waals surface area (Å²) in [5.41, 5.74) is 0.107. The van der Waals surface area contributed by atoms with Crippen molar-refractivity contribution in [3.8, 4) is 5.69 Å². The van der Waals surface area contributed by atoms with Gasteiger partial charge in [-0.05, 0) is 57.0 Å². The topological polar surface area (TPSA) is 59.0 Å². The first kappa shape index (κ1) is 18.4. The normalized spacial score (nSPS) is 17.5. The molecule has 0 bridgehead atoms. The molecular formula is C18H21F3N4O. The van der Waals surface area contributed by atoms with Crippen LogP contribution in [-0.4, -0.2) is 28.8 Å². The standard InChI is InChI=1S/C18H21F3N4O/c1-12-9-16(23-17(26)6-5-13-7-8-22-11-13)25(24-12)15-4-2-3-14(10-15)18(19,20)21/h2-4,9-10,13,22H,5-8,11H2,1H3,(H,23,26). The van der Waals surface area contributed by atoms with Gasteiger partial charge in [-0.1, -0.05) is 6.07 Å². The maximum atomic E-state index is 12.9. The Kier molecular flexibility index (Phi) is 5.31. The first-order chi connectivity index (χ1) is 12.3. The van der Waals surface area contributed by atoms with E-state index in [9.17, 15) is 18.0 Å². The lowest BCUT2D eigenvalue weighted by Gasteiger charge is -2.12.